The monoisotopic (exact) mass is 200 g/mol. The van der Waals surface area contributed by atoms with Gasteiger partial charge in [-0.15, -0.1) is 0 Å². The average molecular weight is 200 g/mol. The lowest BCUT2D eigenvalue weighted by atomic mass is 10.1. The normalized spacial score (nSPS) is 10.2. The zero-order valence-corrected chi connectivity index (χ0v) is 8.70. The maximum absolute atomic E-state index is 8.97. The maximum atomic E-state index is 8.97. The Hall–Kier alpha value is -2.15. The third-order valence-corrected chi connectivity index (χ3v) is 2.44. The highest BCUT2D eigenvalue weighted by molar-refractivity contribution is 5.93. The van der Waals surface area contributed by atoms with E-state index in [1.165, 1.54) is 0 Å². The Balaban J connectivity index is 2.75. The van der Waals surface area contributed by atoms with Crippen LogP contribution < -0.4 is 10.6 Å². The van der Waals surface area contributed by atoms with Gasteiger partial charge in [0.15, 0.2) is 0 Å². The van der Waals surface area contributed by atoms with Gasteiger partial charge in [0.2, 0.25) is 0 Å². The number of nitrogens with two attached hydrogens (primary N) is 1. The topological polar surface area (TPSA) is 68.8 Å². The van der Waals surface area contributed by atoms with Gasteiger partial charge in [-0.2, -0.15) is 5.26 Å². The van der Waals surface area contributed by atoms with Gasteiger partial charge >= 0.3 is 0 Å². The summed E-state index contributed by atoms with van der Waals surface area (Å²) in [6, 6.07) is 7.99. The maximum Gasteiger partial charge on any atom is 0.119 e. The fourth-order valence-electron chi connectivity index (χ4n) is 1.60. The van der Waals surface area contributed by atoms with E-state index in [1.807, 2.05) is 37.2 Å². The number of rotatable bonds is 1. The second-order valence-corrected chi connectivity index (χ2v) is 3.65. The highest BCUT2D eigenvalue weighted by Crippen LogP contribution is 2.27. The van der Waals surface area contributed by atoms with Crippen LogP contribution in [0.4, 0.5) is 11.5 Å². The van der Waals surface area contributed by atoms with E-state index < -0.39 is 0 Å². The minimum absolute atomic E-state index is 0.434. The molecular formula is C11H12N4. The summed E-state index contributed by atoms with van der Waals surface area (Å²) in [5.74, 6) is 0.434. The second-order valence-electron chi connectivity index (χ2n) is 3.65. The summed E-state index contributed by atoms with van der Waals surface area (Å²) in [5, 5.41) is 9.85. The van der Waals surface area contributed by atoms with E-state index in [1.54, 1.807) is 0 Å². The molecule has 1 aromatic heterocycles. The Kier molecular flexibility index (Phi) is 2.01. The van der Waals surface area contributed by atoms with Crippen molar-refractivity contribution in [1.82, 2.24) is 4.98 Å². The molecule has 0 aliphatic carbocycles. The highest BCUT2D eigenvalue weighted by atomic mass is 15.1. The molecule has 0 saturated carbocycles. The van der Waals surface area contributed by atoms with E-state index in [-0.39, 0.29) is 0 Å². The number of anilines is 2. The number of hydrogen-bond donors (Lipinski definition) is 2. The van der Waals surface area contributed by atoms with Crippen molar-refractivity contribution in [2.24, 2.45) is 0 Å². The minimum atomic E-state index is 0.434. The van der Waals surface area contributed by atoms with Crippen LogP contribution in [0.5, 0.6) is 0 Å². The molecule has 0 spiro atoms. The molecule has 0 atom stereocenters. The molecule has 15 heavy (non-hydrogen) atoms. The largest absolute Gasteiger partial charge is 0.384 e. The van der Waals surface area contributed by atoms with Crippen LogP contribution in [0.3, 0.4) is 0 Å². The van der Waals surface area contributed by atoms with Gasteiger partial charge < -0.3 is 15.6 Å². The fraction of sp³-hybridized carbons (Fsp3) is 0.182. The third-order valence-electron chi connectivity index (χ3n) is 2.44. The summed E-state index contributed by atoms with van der Waals surface area (Å²) in [5.41, 5.74) is 8.17. The number of H-pyrrole nitrogens is 1. The molecule has 0 aliphatic heterocycles. The Morgan fingerprint density at radius 2 is 2.13 bits per heavy atom. The van der Waals surface area contributed by atoms with E-state index in [4.69, 9.17) is 11.0 Å². The van der Waals surface area contributed by atoms with Gasteiger partial charge in [0.1, 0.15) is 17.5 Å². The molecule has 1 aromatic carbocycles. The molecule has 0 radical (unpaired) electrons. The molecule has 4 nitrogen and oxygen atoms in total. The van der Waals surface area contributed by atoms with Crippen LogP contribution in [-0.2, 0) is 0 Å². The lowest BCUT2D eigenvalue weighted by Gasteiger charge is -2.11. The van der Waals surface area contributed by atoms with Crippen molar-refractivity contribution in [3.05, 3.63) is 23.8 Å². The van der Waals surface area contributed by atoms with Gasteiger partial charge in [0, 0.05) is 30.7 Å². The number of nitrogens with one attached hydrogen (secondary N) is 1. The van der Waals surface area contributed by atoms with Crippen molar-refractivity contribution < 1.29 is 0 Å². The van der Waals surface area contributed by atoms with Crippen LogP contribution in [0, 0.1) is 11.3 Å². The van der Waals surface area contributed by atoms with Crippen LogP contribution in [0.2, 0.25) is 0 Å². The number of nitrogens with zero attached hydrogens (tertiary/aromatic N) is 2. The number of nitrogen functional groups attached to an aromatic ring is 1. The molecule has 4 heteroatoms. The molecule has 2 rings (SSSR count). The highest BCUT2D eigenvalue weighted by Gasteiger charge is 2.09. The van der Waals surface area contributed by atoms with Crippen LogP contribution in [0.25, 0.3) is 10.9 Å². The van der Waals surface area contributed by atoms with E-state index in [2.05, 4.69) is 11.1 Å². The predicted molar refractivity (Wildman–Crippen MR) is 61.8 cm³/mol. The molecule has 76 valence electrons. The van der Waals surface area contributed by atoms with Gasteiger partial charge in [0.25, 0.3) is 0 Å². The Labute approximate surface area is 87.9 Å². The first kappa shape index (κ1) is 9.41. The van der Waals surface area contributed by atoms with Gasteiger partial charge in [-0.3, -0.25) is 0 Å². The van der Waals surface area contributed by atoms with E-state index in [0.29, 0.717) is 11.4 Å². The van der Waals surface area contributed by atoms with E-state index in [9.17, 15) is 0 Å². The Morgan fingerprint density at radius 1 is 1.40 bits per heavy atom. The average Bonchev–Trinajstić information content (AvgIpc) is 2.51. The number of fused-ring (bicyclic) bond motifs is 1. The molecule has 0 amide bonds. The second kappa shape index (κ2) is 3.21. The SMILES string of the molecule is CN(C)c1ccc2[nH]c(N)c(C#N)c2c1. The molecule has 0 unspecified atom stereocenters. The standard InChI is InChI=1S/C11H12N4/c1-15(2)7-3-4-10-8(5-7)9(6-12)11(13)14-10/h3-5,14H,13H2,1-2H3. The van der Waals surface area contributed by atoms with E-state index >= 15 is 0 Å². The summed E-state index contributed by atoms with van der Waals surface area (Å²) in [6.45, 7) is 0. The number of benzene rings is 1. The molecular weight excluding hydrogens is 188 g/mol. The number of nitriles is 1. The molecule has 0 saturated heterocycles. The molecule has 0 aliphatic rings. The van der Waals surface area contributed by atoms with Gasteiger partial charge in [-0.25, -0.2) is 0 Å². The summed E-state index contributed by atoms with van der Waals surface area (Å²) in [4.78, 5) is 4.97. The fourth-order valence-corrected chi connectivity index (χ4v) is 1.60. The van der Waals surface area contributed by atoms with Crippen molar-refractivity contribution >= 4 is 22.4 Å². The third kappa shape index (κ3) is 1.38. The first-order valence-electron chi connectivity index (χ1n) is 4.62. The minimum Gasteiger partial charge on any atom is -0.384 e. The lowest BCUT2D eigenvalue weighted by molar-refractivity contribution is 1.13. The van der Waals surface area contributed by atoms with Gasteiger partial charge in [-0.1, -0.05) is 0 Å². The summed E-state index contributed by atoms with van der Waals surface area (Å²) >= 11 is 0. The summed E-state index contributed by atoms with van der Waals surface area (Å²) in [6.07, 6.45) is 0. The van der Waals surface area contributed by atoms with Crippen molar-refractivity contribution in [3.63, 3.8) is 0 Å². The zero-order valence-electron chi connectivity index (χ0n) is 8.70. The Morgan fingerprint density at radius 3 is 2.73 bits per heavy atom. The van der Waals surface area contributed by atoms with Gasteiger partial charge in [-0.05, 0) is 18.2 Å². The van der Waals surface area contributed by atoms with Crippen molar-refractivity contribution in [3.8, 4) is 6.07 Å². The Bertz CT molecular complexity index is 545. The van der Waals surface area contributed by atoms with Crippen LogP contribution in [0.15, 0.2) is 18.2 Å². The quantitative estimate of drug-likeness (QED) is 0.736. The first-order chi connectivity index (χ1) is 7.13. The lowest BCUT2D eigenvalue weighted by Crippen LogP contribution is -2.07. The van der Waals surface area contributed by atoms with Crippen LogP contribution in [0.1, 0.15) is 5.56 Å². The number of hydrogen-bond acceptors (Lipinski definition) is 3. The van der Waals surface area contributed by atoms with Gasteiger partial charge in [0.05, 0.1) is 0 Å². The summed E-state index contributed by atoms with van der Waals surface area (Å²) < 4.78 is 0. The zero-order chi connectivity index (χ0) is 11.0. The molecule has 2 aromatic rings. The number of aromatic amines is 1. The van der Waals surface area contributed by atoms with Crippen LogP contribution in [-0.4, -0.2) is 19.1 Å². The smallest absolute Gasteiger partial charge is 0.119 e. The number of aromatic nitrogens is 1. The van der Waals surface area contributed by atoms with E-state index in [0.717, 1.165) is 16.6 Å². The first-order valence-corrected chi connectivity index (χ1v) is 4.62. The van der Waals surface area contributed by atoms with Crippen molar-refractivity contribution in [2.75, 3.05) is 24.7 Å². The molecule has 1 heterocycles. The molecule has 0 bridgehead atoms. The van der Waals surface area contributed by atoms with Crippen LogP contribution >= 0.6 is 0 Å². The predicted octanol–water partition coefficient (Wildman–Crippen LogP) is 1.69. The summed E-state index contributed by atoms with van der Waals surface area (Å²) in [7, 11) is 3.92. The molecule has 0 fully saturated rings. The van der Waals surface area contributed by atoms with Crippen molar-refractivity contribution in [2.45, 2.75) is 0 Å². The van der Waals surface area contributed by atoms with Crippen molar-refractivity contribution in [1.29, 1.82) is 5.26 Å². The molecule has 3 N–H and O–H groups in total.